The average Bonchev–Trinajstić information content (AvgIpc) is 2.05. The van der Waals surface area contributed by atoms with E-state index in [9.17, 15) is 4.39 Å². The van der Waals surface area contributed by atoms with Crippen molar-refractivity contribution in [3.63, 3.8) is 0 Å². The summed E-state index contributed by atoms with van der Waals surface area (Å²) < 4.78 is 12.9. The Morgan fingerprint density at radius 3 is 2.92 bits per heavy atom. The molecule has 0 fully saturated rings. The van der Waals surface area contributed by atoms with Crippen LogP contribution in [0.1, 0.15) is 45.4 Å². The number of hydrogen-bond donors (Lipinski definition) is 0. The Bertz CT molecular complexity index is 140. The highest BCUT2D eigenvalue weighted by Gasteiger charge is 2.15. The molecule has 1 aliphatic carbocycles. The second kappa shape index (κ2) is 5.34. The van der Waals surface area contributed by atoms with Crippen molar-refractivity contribution in [3.8, 4) is 0 Å². The average molecular weight is 170 g/mol. The van der Waals surface area contributed by atoms with Crippen molar-refractivity contribution >= 4 is 0 Å². The summed E-state index contributed by atoms with van der Waals surface area (Å²) in [7, 11) is 0. The molecule has 70 valence electrons. The van der Waals surface area contributed by atoms with Gasteiger partial charge in [0.2, 0.25) is 0 Å². The molecule has 2 unspecified atom stereocenters. The molecular weight excluding hydrogens is 151 g/mol. The number of rotatable bonds is 4. The summed E-state index contributed by atoms with van der Waals surface area (Å²) in [5, 5.41) is 0. The lowest BCUT2D eigenvalue weighted by Crippen LogP contribution is -2.11. The van der Waals surface area contributed by atoms with Crippen LogP contribution in [0.15, 0.2) is 12.2 Å². The third kappa shape index (κ3) is 3.38. The third-order valence-electron chi connectivity index (χ3n) is 2.54. The molecule has 0 spiro atoms. The highest BCUT2D eigenvalue weighted by atomic mass is 19.1. The zero-order chi connectivity index (χ0) is 8.81. The number of halogens is 1. The van der Waals surface area contributed by atoms with Gasteiger partial charge in [0.05, 0.1) is 0 Å². The molecule has 0 amide bonds. The van der Waals surface area contributed by atoms with Gasteiger partial charge in [0.1, 0.15) is 6.17 Å². The van der Waals surface area contributed by atoms with Gasteiger partial charge < -0.3 is 0 Å². The molecule has 0 N–H and O–H groups in total. The molecule has 1 rings (SSSR count). The molecule has 0 saturated heterocycles. The maximum atomic E-state index is 12.9. The molecule has 12 heavy (non-hydrogen) atoms. The second-order valence-electron chi connectivity index (χ2n) is 3.75. The first-order valence-electron chi connectivity index (χ1n) is 5.13. The summed E-state index contributed by atoms with van der Waals surface area (Å²) in [6, 6.07) is 0. The summed E-state index contributed by atoms with van der Waals surface area (Å²) in [5.74, 6) is 0.528. The van der Waals surface area contributed by atoms with E-state index in [0.717, 1.165) is 6.42 Å². The van der Waals surface area contributed by atoms with Gasteiger partial charge in [-0.2, -0.15) is 0 Å². The molecule has 0 aromatic carbocycles. The Kier molecular flexibility index (Phi) is 4.34. The monoisotopic (exact) mass is 170 g/mol. The van der Waals surface area contributed by atoms with E-state index in [0.29, 0.717) is 12.3 Å². The second-order valence-corrected chi connectivity index (χ2v) is 3.75. The van der Waals surface area contributed by atoms with E-state index in [1.807, 2.05) is 6.08 Å². The van der Waals surface area contributed by atoms with Crippen LogP contribution in [0.25, 0.3) is 0 Å². The zero-order valence-electron chi connectivity index (χ0n) is 7.93. The van der Waals surface area contributed by atoms with Gasteiger partial charge in [-0.1, -0.05) is 38.3 Å². The number of allylic oxidation sites excluding steroid dienone is 2. The van der Waals surface area contributed by atoms with Crippen molar-refractivity contribution < 1.29 is 4.39 Å². The lowest BCUT2D eigenvalue weighted by molar-refractivity contribution is 0.269. The first-order chi connectivity index (χ1) is 5.83. The quantitative estimate of drug-likeness (QED) is 0.444. The molecule has 0 bridgehead atoms. The molecule has 0 saturated carbocycles. The predicted octanol–water partition coefficient (Wildman–Crippen LogP) is 3.87. The molecule has 0 aromatic heterocycles. The van der Waals surface area contributed by atoms with Crippen LogP contribution < -0.4 is 0 Å². The molecule has 0 aromatic rings. The SMILES string of the molecule is CCCCCC1C=CCC(F)C1. The van der Waals surface area contributed by atoms with Crippen LogP contribution in [0.5, 0.6) is 0 Å². The van der Waals surface area contributed by atoms with E-state index in [1.165, 1.54) is 25.7 Å². The van der Waals surface area contributed by atoms with Gasteiger partial charge in [-0.3, -0.25) is 0 Å². The predicted molar refractivity (Wildman–Crippen MR) is 50.9 cm³/mol. The molecule has 1 aliphatic rings. The Morgan fingerprint density at radius 2 is 2.25 bits per heavy atom. The largest absolute Gasteiger partial charge is 0.247 e. The molecule has 0 aliphatic heterocycles. The first-order valence-corrected chi connectivity index (χ1v) is 5.13. The fourth-order valence-corrected chi connectivity index (χ4v) is 1.79. The highest BCUT2D eigenvalue weighted by Crippen LogP contribution is 2.24. The third-order valence-corrected chi connectivity index (χ3v) is 2.54. The van der Waals surface area contributed by atoms with Gasteiger partial charge in [-0.05, 0) is 25.2 Å². The van der Waals surface area contributed by atoms with Crippen molar-refractivity contribution in [2.75, 3.05) is 0 Å². The van der Waals surface area contributed by atoms with Crippen LogP contribution in [0.3, 0.4) is 0 Å². The summed E-state index contributed by atoms with van der Waals surface area (Å²) in [4.78, 5) is 0. The first kappa shape index (κ1) is 9.76. The van der Waals surface area contributed by atoms with Crippen molar-refractivity contribution in [3.05, 3.63) is 12.2 Å². The van der Waals surface area contributed by atoms with Gasteiger partial charge >= 0.3 is 0 Å². The number of hydrogen-bond acceptors (Lipinski definition) is 0. The molecule has 0 heterocycles. The smallest absolute Gasteiger partial charge is 0.104 e. The standard InChI is InChI=1S/C11H19F/c1-2-3-4-6-10-7-5-8-11(12)9-10/h5,7,10-11H,2-4,6,8-9H2,1H3. The minimum atomic E-state index is -0.568. The van der Waals surface area contributed by atoms with E-state index < -0.39 is 6.17 Å². The van der Waals surface area contributed by atoms with Crippen LogP contribution >= 0.6 is 0 Å². The molecular formula is C11H19F. The fourth-order valence-electron chi connectivity index (χ4n) is 1.79. The maximum Gasteiger partial charge on any atom is 0.104 e. The molecule has 2 atom stereocenters. The molecule has 0 nitrogen and oxygen atoms in total. The van der Waals surface area contributed by atoms with E-state index in [1.54, 1.807) is 0 Å². The van der Waals surface area contributed by atoms with E-state index in [-0.39, 0.29) is 0 Å². The van der Waals surface area contributed by atoms with E-state index in [2.05, 4.69) is 13.0 Å². The van der Waals surface area contributed by atoms with Gasteiger partial charge in [-0.15, -0.1) is 0 Å². The lowest BCUT2D eigenvalue weighted by Gasteiger charge is -2.18. The van der Waals surface area contributed by atoms with Crippen LogP contribution in [0.2, 0.25) is 0 Å². The Balaban J connectivity index is 2.14. The van der Waals surface area contributed by atoms with Crippen LogP contribution in [-0.2, 0) is 0 Å². The Labute approximate surface area is 74.9 Å². The summed E-state index contributed by atoms with van der Waals surface area (Å²) in [6.07, 6.45) is 10.0. The minimum absolute atomic E-state index is 0.528. The summed E-state index contributed by atoms with van der Waals surface area (Å²) in [5.41, 5.74) is 0. The van der Waals surface area contributed by atoms with Crippen LogP contribution in [0, 0.1) is 5.92 Å². The van der Waals surface area contributed by atoms with E-state index >= 15 is 0 Å². The molecule has 1 heteroatoms. The Morgan fingerprint density at radius 1 is 1.42 bits per heavy atom. The summed E-state index contributed by atoms with van der Waals surface area (Å²) in [6.45, 7) is 2.20. The van der Waals surface area contributed by atoms with Crippen LogP contribution in [0.4, 0.5) is 4.39 Å². The van der Waals surface area contributed by atoms with Crippen LogP contribution in [-0.4, -0.2) is 6.17 Å². The van der Waals surface area contributed by atoms with Crippen molar-refractivity contribution in [2.24, 2.45) is 5.92 Å². The highest BCUT2D eigenvalue weighted by molar-refractivity contribution is 4.96. The lowest BCUT2D eigenvalue weighted by atomic mass is 9.90. The van der Waals surface area contributed by atoms with Crippen molar-refractivity contribution in [1.29, 1.82) is 0 Å². The van der Waals surface area contributed by atoms with Gasteiger partial charge in [-0.25, -0.2) is 4.39 Å². The number of unbranched alkanes of at least 4 members (excludes halogenated alkanes) is 2. The van der Waals surface area contributed by atoms with Gasteiger partial charge in [0, 0.05) is 0 Å². The topological polar surface area (TPSA) is 0 Å². The van der Waals surface area contributed by atoms with E-state index in [4.69, 9.17) is 0 Å². The fraction of sp³-hybridized carbons (Fsp3) is 0.818. The summed E-state index contributed by atoms with van der Waals surface area (Å²) >= 11 is 0. The zero-order valence-corrected chi connectivity index (χ0v) is 7.93. The van der Waals surface area contributed by atoms with Gasteiger partial charge in [0.25, 0.3) is 0 Å². The van der Waals surface area contributed by atoms with Crippen molar-refractivity contribution in [1.82, 2.24) is 0 Å². The Hall–Kier alpha value is -0.330. The van der Waals surface area contributed by atoms with Gasteiger partial charge in [0.15, 0.2) is 0 Å². The maximum absolute atomic E-state index is 12.9. The molecule has 0 radical (unpaired) electrons. The minimum Gasteiger partial charge on any atom is -0.247 e. The van der Waals surface area contributed by atoms with Crippen molar-refractivity contribution in [2.45, 2.75) is 51.6 Å². The number of alkyl halides is 1. The normalized spacial score (nSPS) is 29.2.